The fourth-order valence-corrected chi connectivity index (χ4v) is 8.35. The maximum absolute atomic E-state index is 14.2. The lowest BCUT2D eigenvalue weighted by Crippen LogP contribution is -2.40. The summed E-state index contributed by atoms with van der Waals surface area (Å²) in [5.41, 5.74) is 3.59. The van der Waals surface area contributed by atoms with Gasteiger partial charge in [0.25, 0.3) is 11.8 Å². The molecular weight excluding hydrogens is 857 g/mol. The van der Waals surface area contributed by atoms with Gasteiger partial charge < -0.3 is 25.0 Å². The van der Waals surface area contributed by atoms with Crippen LogP contribution in [0.1, 0.15) is 84.4 Å². The largest absolute Gasteiger partial charge is 0.493 e. The van der Waals surface area contributed by atoms with E-state index in [9.17, 15) is 23.1 Å². The lowest BCUT2D eigenvalue weighted by Gasteiger charge is -2.30. The number of aliphatic imine (C=N–C) groups is 1. The molecule has 0 unspecified atom stereocenters. The first-order valence-electron chi connectivity index (χ1n) is 20.4. The van der Waals surface area contributed by atoms with Crippen LogP contribution in [0.15, 0.2) is 82.7 Å². The molecule has 0 saturated carbocycles. The zero-order valence-corrected chi connectivity index (χ0v) is 39.5. The van der Waals surface area contributed by atoms with E-state index in [0.717, 1.165) is 34.7 Å². The third kappa shape index (κ3) is 12.3. The van der Waals surface area contributed by atoms with Crippen molar-refractivity contribution in [2.75, 3.05) is 55.0 Å². The minimum Gasteiger partial charge on any atom is -0.493 e. The maximum atomic E-state index is 14.2. The average Bonchev–Trinajstić information content (AvgIpc) is 3.22. The molecule has 0 aliphatic rings. The zero-order chi connectivity index (χ0) is 45.3. The van der Waals surface area contributed by atoms with E-state index < -0.39 is 27.5 Å². The highest BCUT2D eigenvalue weighted by atomic mass is 35.5. The van der Waals surface area contributed by atoms with Crippen LogP contribution in [0.2, 0.25) is 15.1 Å². The number of carbonyl (C=O) groups is 2. The number of nitrogens with one attached hydrogen (secondary N) is 2. The number of para-hydroxylation sites is 1. The molecule has 0 fully saturated rings. The Bertz CT molecular complexity index is 2330. The number of amides is 2. The standard InChI is InChI=1S/C46H58Cl3N5O6S/c1-10-45(5,6)31-17-22-40(34(28-31)46(7,8)11-2)60-26-14-23-50-61(58,59)33-19-20-35(47)39(29-33)52-43(56)41(44(57)53(9)42-36(48)15-13-16-37(42)49)51-38-21-18-32(27-30(38)4)54(12-3)24-25-55/h13,15-22,27-29,50,55H,10-12,14,23-26H2,1-9H3,(H,52,56). The quantitative estimate of drug-likeness (QED) is 0.0456. The Labute approximate surface area is 376 Å². The molecule has 61 heavy (non-hydrogen) atoms. The summed E-state index contributed by atoms with van der Waals surface area (Å²) in [6, 6.07) is 20.3. The smallest absolute Gasteiger partial charge is 0.282 e. The van der Waals surface area contributed by atoms with Crippen LogP contribution in [0.4, 0.5) is 22.7 Å². The van der Waals surface area contributed by atoms with Crippen molar-refractivity contribution in [3.8, 4) is 5.75 Å². The number of hydrogen-bond acceptors (Lipinski definition) is 8. The predicted octanol–water partition coefficient (Wildman–Crippen LogP) is 10.3. The molecule has 15 heteroatoms. The van der Waals surface area contributed by atoms with Gasteiger partial charge in [-0.05, 0) is 110 Å². The second-order valence-corrected chi connectivity index (χ2v) is 19.0. The third-order valence-electron chi connectivity index (χ3n) is 11.1. The molecular formula is C46H58Cl3N5O6S. The van der Waals surface area contributed by atoms with Crippen molar-refractivity contribution < 1.29 is 27.9 Å². The van der Waals surface area contributed by atoms with E-state index in [1.54, 1.807) is 37.3 Å². The summed E-state index contributed by atoms with van der Waals surface area (Å²) in [6.45, 7) is 18.3. The molecule has 2 amide bonds. The highest BCUT2D eigenvalue weighted by molar-refractivity contribution is 7.89. The first kappa shape index (κ1) is 49.5. The summed E-state index contributed by atoms with van der Waals surface area (Å²) in [5, 5.41) is 12.5. The van der Waals surface area contributed by atoms with Crippen LogP contribution >= 0.6 is 34.8 Å². The van der Waals surface area contributed by atoms with Gasteiger partial charge in [0, 0.05) is 37.9 Å². The van der Waals surface area contributed by atoms with Crippen LogP contribution < -0.4 is 24.6 Å². The van der Waals surface area contributed by atoms with Crippen molar-refractivity contribution in [1.29, 1.82) is 0 Å². The Morgan fingerprint density at radius 1 is 0.869 bits per heavy atom. The monoisotopic (exact) mass is 913 g/mol. The van der Waals surface area contributed by atoms with Crippen molar-refractivity contribution in [3.63, 3.8) is 0 Å². The predicted molar refractivity (Wildman–Crippen MR) is 252 cm³/mol. The molecule has 4 aromatic rings. The second kappa shape index (κ2) is 21.3. The van der Waals surface area contributed by atoms with Crippen molar-refractivity contribution >= 4 is 85.1 Å². The molecule has 0 spiro atoms. The van der Waals surface area contributed by atoms with Gasteiger partial charge in [-0.15, -0.1) is 0 Å². The van der Waals surface area contributed by atoms with Gasteiger partial charge in [-0.1, -0.05) is 94.5 Å². The van der Waals surface area contributed by atoms with Crippen LogP contribution in [-0.2, 0) is 30.4 Å². The molecule has 0 bridgehead atoms. The molecule has 3 N–H and O–H groups in total. The lowest BCUT2D eigenvalue weighted by atomic mass is 9.76. The first-order valence-corrected chi connectivity index (χ1v) is 23.0. The Kier molecular flexibility index (Phi) is 17.3. The summed E-state index contributed by atoms with van der Waals surface area (Å²) in [7, 11) is -2.67. The number of ether oxygens (including phenoxy) is 1. The van der Waals surface area contributed by atoms with E-state index in [4.69, 9.17) is 39.5 Å². The minimum atomic E-state index is -4.08. The fourth-order valence-electron chi connectivity index (χ4n) is 6.43. The van der Waals surface area contributed by atoms with Crippen LogP contribution in [0.3, 0.4) is 0 Å². The molecule has 0 atom stereocenters. The van der Waals surface area contributed by atoms with Crippen molar-refractivity contribution in [3.05, 3.63) is 105 Å². The molecule has 4 rings (SSSR count). The van der Waals surface area contributed by atoms with Gasteiger partial charge in [0.05, 0.1) is 50.2 Å². The number of anilines is 3. The number of halogens is 3. The van der Waals surface area contributed by atoms with E-state index in [0.29, 0.717) is 30.8 Å². The number of aliphatic hydroxyl groups is 1. The number of hydrogen-bond donors (Lipinski definition) is 3. The van der Waals surface area contributed by atoms with Gasteiger partial charge in [-0.2, -0.15) is 0 Å². The van der Waals surface area contributed by atoms with Gasteiger partial charge in [-0.3, -0.25) is 9.59 Å². The second-order valence-electron chi connectivity index (χ2n) is 16.1. The van der Waals surface area contributed by atoms with E-state index in [1.807, 2.05) is 24.0 Å². The van der Waals surface area contributed by atoms with E-state index in [1.165, 1.54) is 30.8 Å². The highest BCUT2D eigenvalue weighted by Gasteiger charge is 2.30. The van der Waals surface area contributed by atoms with Crippen LogP contribution in [0, 0.1) is 6.92 Å². The number of likely N-dealkylation sites (N-methyl/N-ethyl adjacent to an activating group) is 1. The molecule has 11 nitrogen and oxygen atoms in total. The van der Waals surface area contributed by atoms with Gasteiger partial charge >= 0.3 is 0 Å². The lowest BCUT2D eigenvalue weighted by molar-refractivity contribution is -0.115. The Hall–Kier alpha value is -4.17. The van der Waals surface area contributed by atoms with Crippen LogP contribution in [-0.4, -0.2) is 70.9 Å². The summed E-state index contributed by atoms with van der Waals surface area (Å²) in [4.78, 5) is 35.7. The Morgan fingerprint density at radius 2 is 1.54 bits per heavy atom. The van der Waals surface area contributed by atoms with E-state index >= 15 is 0 Å². The van der Waals surface area contributed by atoms with Crippen LogP contribution in [0.25, 0.3) is 0 Å². The van der Waals surface area contributed by atoms with E-state index in [-0.39, 0.29) is 61.9 Å². The van der Waals surface area contributed by atoms with E-state index in [2.05, 4.69) is 68.7 Å². The topological polar surface area (TPSA) is 141 Å². The van der Waals surface area contributed by atoms with Gasteiger partial charge in [0.15, 0.2) is 5.71 Å². The SMILES string of the molecule is CCN(CCO)c1ccc(N=C(C(=O)Nc2cc(S(=O)(=O)NCCCOc3ccc(C(C)(C)CC)cc3C(C)(C)CC)ccc2Cl)C(=O)N(C)c2c(Cl)cccc2Cl)c(C)c1. The molecule has 0 aromatic heterocycles. The molecule has 0 radical (unpaired) electrons. The molecule has 0 aliphatic heterocycles. The Balaban J connectivity index is 1.57. The normalized spacial score (nSPS) is 12.3. The van der Waals surface area contributed by atoms with Crippen molar-refractivity contribution in [2.24, 2.45) is 4.99 Å². The summed E-state index contributed by atoms with van der Waals surface area (Å²) < 4.78 is 35.9. The number of carbonyl (C=O) groups excluding carboxylic acids is 2. The molecule has 4 aromatic carbocycles. The number of benzene rings is 4. The van der Waals surface area contributed by atoms with Crippen molar-refractivity contribution in [1.82, 2.24) is 4.72 Å². The molecule has 0 heterocycles. The van der Waals surface area contributed by atoms with Crippen LogP contribution in [0.5, 0.6) is 5.75 Å². The number of aryl methyl sites for hydroxylation is 1. The minimum absolute atomic E-state index is 0.0146. The molecule has 0 aliphatic carbocycles. The summed E-state index contributed by atoms with van der Waals surface area (Å²) >= 11 is 19.4. The maximum Gasteiger partial charge on any atom is 0.282 e. The Morgan fingerprint density at radius 3 is 2.15 bits per heavy atom. The molecule has 330 valence electrons. The molecule has 0 saturated heterocycles. The zero-order valence-electron chi connectivity index (χ0n) is 36.5. The number of rotatable bonds is 20. The summed E-state index contributed by atoms with van der Waals surface area (Å²) in [6.07, 6.45) is 2.29. The number of sulfonamides is 1. The number of aliphatic hydroxyl groups excluding tert-OH is 1. The van der Waals surface area contributed by atoms with Gasteiger partial charge in [0.1, 0.15) is 5.75 Å². The van der Waals surface area contributed by atoms with Gasteiger partial charge in [-0.25, -0.2) is 18.1 Å². The third-order valence-corrected chi connectivity index (χ3v) is 13.5. The van der Waals surface area contributed by atoms with Crippen molar-refractivity contribution in [2.45, 2.75) is 90.4 Å². The summed E-state index contributed by atoms with van der Waals surface area (Å²) in [5.74, 6) is -1.03. The average molecular weight is 915 g/mol. The highest BCUT2D eigenvalue weighted by Crippen LogP contribution is 2.39. The number of nitrogens with zero attached hydrogens (tertiary/aromatic N) is 3. The first-order chi connectivity index (χ1) is 28.7. The fraction of sp³-hybridized carbons (Fsp3) is 0.413. The van der Waals surface area contributed by atoms with Gasteiger partial charge in [0.2, 0.25) is 10.0 Å².